The van der Waals surface area contributed by atoms with E-state index in [-0.39, 0.29) is 0 Å². The summed E-state index contributed by atoms with van der Waals surface area (Å²) in [6, 6.07) is 8.99. The van der Waals surface area contributed by atoms with Gasteiger partial charge in [-0.05, 0) is 41.8 Å². The summed E-state index contributed by atoms with van der Waals surface area (Å²) in [6.45, 7) is 9.74. The Labute approximate surface area is 100 Å². The fourth-order valence-corrected chi connectivity index (χ4v) is 1.93. The van der Waals surface area contributed by atoms with Crippen LogP contribution in [0.5, 0.6) is 0 Å². The standard InChI is InChI=1S/C15H25N/c1-11(2)14-7-5-13(6-8-14)9-15(10-16)12(3)4/h5-8,11-12,15H,9-10,16H2,1-4H3. The topological polar surface area (TPSA) is 26.0 Å². The molecule has 0 saturated carbocycles. The zero-order valence-electron chi connectivity index (χ0n) is 11.0. The molecule has 0 saturated heterocycles. The van der Waals surface area contributed by atoms with Crippen LogP contribution in [-0.2, 0) is 6.42 Å². The molecule has 0 bridgehead atoms. The van der Waals surface area contributed by atoms with Gasteiger partial charge in [-0.2, -0.15) is 0 Å². The lowest BCUT2D eigenvalue weighted by Crippen LogP contribution is -2.22. The van der Waals surface area contributed by atoms with Gasteiger partial charge in [0.2, 0.25) is 0 Å². The van der Waals surface area contributed by atoms with Gasteiger partial charge in [-0.1, -0.05) is 52.0 Å². The highest BCUT2D eigenvalue weighted by molar-refractivity contribution is 5.25. The summed E-state index contributed by atoms with van der Waals surface area (Å²) in [4.78, 5) is 0. The second-order valence-corrected chi connectivity index (χ2v) is 5.34. The van der Waals surface area contributed by atoms with Crippen LogP contribution in [0.2, 0.25) is 0 Å². The Balaban J connectivity index is 2.67. The first kappa shape index (κ1) is 13.2. The summed E-state index contributed by atoms with van der Waals surface area (Å²) in [5.74, 6) is 1.88. The van der Waals surface area contributed by atoms with E-state index < -0.39 is 0 Å². The summed E-state index contributed by atoms with van der Waals surface area (Å²) in [6.07, 6.45) is 1.10. The number of hydrogen-bond donors (Lipinski definition) is 1. The van der Waals surface area contributed by atoms with Gasteiger partial charge in [0, 0.05) is 0 Å². The Morgan fingerprint density at radius 1 is 1.00 bits per heavy atom. The number of nitrogens with two attached hydrogens (primary N) is 1. The molecule has 0 aliphatic carbocycles. The van der Waals surface area contributed by atoms with Gasteiger partial charge in [0.25, 0.3) is 0 Å². The molecule has 0 amide bonds. The third-order valence-corrected chi connectivity index (χ3v) is 3.39. The Bertz CT molecular complexity index is 298. The molecule has 1 rings (SSSR count). The van der Waals surface area contributed by atoms with Crippen molar-refractivity contribution in [2.45, 2.75) is 40.0 Å². The molecule has 90 valence electrons. The highest BCUT2D eigenvalue weighted by Crippen LogP contribution is 2.19. The normalized spacial score (nSPS) is 13.4. The van der Waals surface area contributed by atoms with Crippen molar-refractivity contribution in [3.63, 3.8) is 0 Å². The van der Waals surface area contributed by atoms with Crippen molar-refractivity contribution in [2.24, 2.45) is 17.6 Å². The Kier molecular flexibility index (Phi) is 5.01. The molecule has 0 heterocycles. The lowest BCUT2D eigenvalue weighted by molar-refractivity contribution is 0.392. The molecule has 1 atom stereocenters. The third kappa shape index (κ3) is 3.64. The van der Waals surface area contributed by atoms with Crippen LogP contribution in [0.1, 0.15) is 44.7 Å². The minimum absolute atomic E-state index is 0.602. The van der Waals surface area contributed by atoms with E-state index in [4.69, 9.17) is 5.73 Å². The molecular formula is C15H25N. The number of rotatable bonds is 5. The van der Waals surface area contributed by atoms with Gasteiger partial charge in [0.1, 0.15) is 0 Å². The highest BCUT2D eigenvalue weighted by Gasteiger charge is 2.12. The fraction of sp³-hybridized carbons (Fsp3) is 0.600. The van der Waals surface area contributed by atoms with Crippen LogP contribution < -0.4 is 5.73 Å². The summed E-state index contributed by atoms with van der Waals surface area (Å²) in [5, 5.41) is 0. The van der Waals surface area contributed by atoms with Gasteiger partial charge in [0.15, 0.2) is 0 Å². The average molecular weight is 219 g/mol. The molecule has 1 aromatic carbocycles. The molecular weight excluding hydrogens is 194 g/mol. The van der Waals surface area contributed by atoms with E-state index in [0.717, 1.165) is 13.0 Å². The average Bonchev–Trinajstić information content (AvgIpc) is 2.26. The first-order valence-electron chi connectivity index (χ1n) is 6.33. The maximum Gasteiger partial charge on any atom is -0.00432 e. The van der Waals surface area contributed by atoms with Crippen molar-refractivity contribution >= 4 is 0 Å². The van der Waals surface area contributed by atoms with Gasteiger partial charge >= 0.3 is 0 Å². The van der Waals surface area contributed by atoms with E-state index >= 15 is 0 Å². The fourth-order valence-electron chi connectivity index (χ4n) is 1.93. The van der Waals surface area contributed by atoms with Crippen molar-refractivity contribution < 1.29 is 0 Å². The summed E-state index contributed by atoms with van der Waals surface area (Å²) in [5.41, 5.74) is 8.62. The van der Waals surface area contributed by atoms with Crippen molar-refractivity contribution in [3.8, 4) is 0 Å². The zero-order chi connectivity index (χ0) is 12.1. The monoisotopic (exact) mass is 219 g/mol. The smallest absolute Gasteiger partial charge is 0.00432 e. The van der Waals surface area contributed by atoms with Crippen molar-refractivity contribution in [2.75, 3.05) is 6.54 Å². The minimum Gasteiger partial charge on any atom is -0.330 e. The maximum atomic E-state index is 5.80. The van der Waals surface area contributed by atoms with Crippen molar-refractivity contribution in [1.82, 2.24) is 0 Å². The molecule has 2 N–H and O–H groups in total. The van der Waals surface area contributed by atoms with Crippen LogP contribution in [-0.4, -0.2) is 6.54 Å². The molecule has 0 radical (unpaired) electrons. The predicted octanol–water partition coefficient (Wildman–Crippen LogP) is 3.58. The SMILES string of the molecule is CC(C)c1ccc(CC(CN)C(C)C)cc1. The zero-order valence-corrected chi connectivity index (χ0v) is 11.0. The quantitative estimate of drug-likeness (QED) is 0.804. The largest absolute Gasteiger partial charge is 0.330 e. The van der Waals surface area contributed by atoms with Crippen LogP contribution in [0, 0.1) is 11.8 Å². The van der Waals surface area contributed by atoms with Crippen molar-refractivity contribution in [1.29, 1.82) is 0 Å². The van der Waals surface area contributed by atoms with Crippen molar-refractivity contribution in [3.05, 3.63) is 35.4 Å². The van der Waals surface area contributed by atoms with Gasteiger partial charge in [-0.25, -0.2) is 0 Å². The van der Waals surface area contributed by atoms with Crippen LogP contribution in [0.3, 0.4) is 0 Å². The van der Waals surface area contributed by atoms with Crippen LogP contribution >= 0.6 is 0 Å². The first-order chi connectivity index (χ1) is 7.54. The molecule has 0 fully saturated rings. The van der Waals surface area contributed by atoms with E-state index in [1.54, 1.807) is 0 Å². The van der Waals surface area contributed by atoms with Crippen LogP contribution in [0.15, 0.2) is 24.3 Å². The lowest BCUT2D eigenvalue weighted by atomic mass is 9.88. The predicted molar refractivity (Wildman–Crippen MR) is 71.6 cm³/mol. The summed E-state index contributed by atoms with van der Waals surface area (Å²) < 4.78 is 0. The Morgan fingerprint density at radius 2 is 1.56 bits per heavy atom. The molecule has 0 aromatic heterocycles. The molecule has 0 aliphatic heterocycles. The Hall–Kier alpha value is -0.820. The maximum absolute atomic E-state index is 5.80. The molecule has 0 aliphatic rings. The minimum atomic E-state index is 0.602. The second-order valence-electron chi connectivity index (χ2n) is 5.34. The second kappa shape index (κ2) is 6.05. The molecule has 1 aromatic rings. The number of benzene rings is 1. The van der Waals surface area contributed by atoms with Crippen LogP contribution in [0.4, 0.5) is 0 Å². The van der Waals surface area contributed by atoms with Gasteiger partial charge in [0.05, 0.1) is 0 Å². The molecule has 1 unspecified atom stereocenters. The molecule has 16 heavy (non-hydrogen) atoms. The van der Waals surface area contributed by atoms with Gasteiger partial charge in [-0.3, -0.25) is 0 Å². The first-order valence-corrected chi connectivity index (χ1v) is 6.33. The molecule has 1 heteroatoms. The number of hydrogen-bond acceptors (Lipinski definition) is 1. The lowest BCUT2D eigenvalue weighted by Gasteiger charge is -2.19. The van der Waals surface area contributed by atoms with E-state index in [0.29, 0.717) is 17.8 Å². The van der Waals surface area contributed by atoms with E-state index in [9.17, 15) is 0 Å². The third-order valence-electron chi connectivity index (χ3n) is 3.39. The summed E-state index contributed by atoms with van der Waals surface area (Å²) >= 11 is 0. The van der Waals surface area contributed by atoms with Gasteiger partial charge in [-0.15, -0.1) is 0 Å². The highest BCUT2D eigenvalue weighted by atomic mass is 14.5. The summed E-state index contributed by atoms with van der Waals surface area (Å²) in [7, 11) is 0. The van der Waals surface area contributed by atoms with E-state index in [1.807, 2.05) is 0 Å². The Morgan fingerprint density at radius 3 is 1.94 bits per heavy atom. The molecule has 1 nitrogen and oxygen atoms in total. The van der Waals surface area contributed by atoms with Crippen LogP contribution in [0.25, 0.3) is 0 Å². The van der Waals surface area contributed by atoms with E-state index in [2.05, 4.69) is 52.0 Å². The van der Waals surface area contributed by atoms with E-state index in [1.165, 1.54) is 11.1 Å². The van der Waals surface area contributed by atoms with Gasteiger partial charge < -0.3 is 5.73 Å². The molecule has 0 spiro atoms.